The maximum atomic E-state index is 11.1. The highest BCUT2D eigenvalue weighted by atomic mass is 16.5. The first kappa shape index (κ1) is 11.9. The summed E-state index contributed by atoms with van der Waals surface area (Å²) in [5.41, 5.74) is 0. The molecule has 1 N–H and O–H groups in total. The van der Waals surface area contributed by atoms with Crippen LogP contribution in [-0.2, 0) is 14.3 Å². The number of rotatable bonds is 5. The third-order valence-corrected chi connectivity index (χ3v) is 1.74. The molecule has 1 atom stereocenters. The zero-order chi connectivity index (χ0) is 10.3. The maximum absolute atomic E-state index is 11.1. The smallest absolute Gasteiger partial charge is 0.318 e. The SMILES string of the molecule is CCCCOC(=O)C(C)C(=O)NC. The molecule has 0 spiro atoms. The number of amides is 1. The van der Waals surface area contributed by atoms with Crippen LogP contribution >= 0.6 is 0 Å². The van der Waals surface area contributed by atoms with Gasteiger partial charge in [0.1, 0.15) is 5.92 Å². The van der Waals surface area contributed by atoms with Gasteiger partial charge in [0.15, 0.2) is 0 Å². The van der Waals surface area contributed by atoms with Crippen LogP contribution in [0.5, 0.6) is 0 Å². The maximum Gasteiger partial charge on any atom is 0.318 e. The molecule has 4 heteroatoms. The summed E-state index contributed by atoms with van der Waals surface area (Å²) in [5, 5.41) is 2.40. The lowest BCUT2D eigenvalue weighted by Gasteiger charge is -2.09. The molecule has 0 bridgehead atoms. The third kappa shape index (κ3) is 4.50. The summed E-state index contributed by atoms with van der Waals surface area (Å²) in [6.45, 7) is 3.94. The summed E-state index contributed by atoms with van der Waals surface area (Å²) in [6.07, 6.45) is 1.81. The van der Waals surface area contributed by atoms with Crippen molar-refractivity contribution in [2.24, 2.45) is 5.92 Å². The van der Waals surface area contributed by atoms with Crippen LogP contribution in [0.2, 0.25) is 0 Å². The average Bonchev–Trinajstić information content (AvgIpc) is 2.15. The van der Waals surface area contributed by atoms with E-state index in [1.807, 2.05) is 6.92 Å². The van der Waals surface area contributed by atoms with Crippen molar-refractivity contribution in [2.45, 2.75) is 26.7 Å². The molecular weight excluding hydrogens is 170 g/mol. The quantitative estimate of drug-likeness (QED) is 0.392. The summed E-state index contributed by atoms with van der Waals surface area (Å²) < 4.78 is 4.87. The predicted octanol–water partition coefficient (Wildman–Crippen LogP) is 0.712. The Balaban J connectivity index is 3.76. The van der Waals surface area contributed by atoms with E-state index in [1.165, 1.54) is 14.0 Å². The number of ether oxygens (including phenoxy) is 1. The van der Waals surface area contributed by atoms with E-state index >= 15 is 0 Å². The van der Waals surface area contributed by atoms with Gasteiger partial charge in [-0.05, 0) is 13.3 Å². The van der Waals surface area contributed by atoms with Gasteiger partial charge in [0.25, 0.3) is 0 Å². The Morgan fingerprint density at radius 2 is 2.08 bits per heavy atom. The zero-order valence-corrected chi connectivity index (χ0v) is 8.42. The fourth-order valence-corrected chi connectivity index (χ4v) is 0.766. The van der Waals surface area contributed by atoms with Gasteiger partial charge in [-0.25, -0.2) is 0 Å². The number of carbonyl (C=O) groups is 2. The van der Waals surface area contributed by atoms with Crippen LogP contribution in [0.25, 0.3) is 0 Å². The Bertz CT molecular complexity index is 180. The first-order valence-corrected chi connectivity index (χ1v) is 4.51. The van der Waals surface area contributed by atoms with E-state index < -0.39 is 11.9 Å². The van der Waals surface area contributed by atoms with Gasteiger partial charge in [-0.1, -0.05) is 13.3 Å². The molecule has 0 aliphatic carbocycles. The van der Waals surface area contributed by atoms with E-state index in [4.69, 9.17) is 4.74 Å². The molecule has 0 aromatic rings. The molecule has 0 aliphatic rings. The minimum Gasteiger partial charge on any atom is -0.465 e. The monoisotopic (exact) mass is 187 g/mol. The summed E-state index contributed by atoms with van der Waals surface area (Å²) in [6, 6.07) is 0. The van der Waals surface area contributed by atoms with E-state index in [2.05, 4.69) is 5.32 Å². The lowest BCUT2D eigenvalue weighted by molar-refractivity contribution is -0.151. The van der Waals surface area contributed by atoms with Gasteiger partial charge in [0, 0.05) is 7.05 Å². The van der Waals surface area contributed by atoms with Crippen molar-refractivity contribution in [1.29, 1.82) is 0 Å². The van der Waals surface area contributed by atoms with Crippen molar-refractivity contribution in [3.63, 3.8) is 0 Å². The van der Waals surface area contributed by atoms with Gasteiger partial charge in [0.05, 0.1) is 6.61 Å². The Morgan fingerprint density at radius 3 is 2.54 bits per heavy atom. The second-order valence-corrected chi connectivity index (χ2v) is 2.86. The second kappa shape index (κ2) is 6.46. The average molecular weight is 187 g/mol. The van der Waals surface area contributed by atoms with Crippen molar-refractivity contribution in [2.75, 3.05) is 13.7 Å². The van der Waals surface area contributed by atoms with Crippen LogP contribution in [0, 0.1) is 5.92 Å². The van der Waals surface area contributed by atoms with E-state index in [0.717, 1.165) is 12.8 Å². The molecule has 1 unspecified atom stereocenters. The standard InChI is InChI=1S/C9H17NO3/c1-4-5-6-13-9(12)7(2)8(11)10-3/h7H,4-6H2,1-3H3,(H,10,11). The van der Waals surface area contributed by atoms with Crippen molar-refractivity contribution in [3.05, 3.63) is 0 Å². The lowest BCUT2D eigenvalue weighted by atomic mass is 10.2. The number of nitrogens with one attached hydrogen (secondary N) is 1. The lowest BCUT2D eigenvalue weighted by Crippen LogP contribution is -2.32. The number of esters is 1. The zero-order valence-electron chi connectivity index (χ0n) is 8.42. The molecule has 0 heterocycles. The fourth-order valence-electron chi connectivity index (χ4n) is 0.766. The van der Waals surface area contributed by atoms with E-state index in [9.17, 15) is 9.59 Å². The van der Waals surface area contributed by atoms with Crippen molar-refractivity contribution >= 4 is 11.9 Å². The van der Waals surface area contributed by atoms with E-state index in [0.29, 0.717) is 6.61 Å². The molecule has 76 valence electrons. The number of carbonyl (C=O) groups excluding carboxylic acids is 2. The highest BCUT2D eigenvalue weighted by Gasteiger charge is 2.21. The van der Waals surface area contributed by atoms with Crippen LogP contribution in [0.4, 0.5) is 0 Å². The third-order valence-electron chi connectivity index (χ3n) is 1.74. The summed E-state index contributed by atoms with van der Waals surface area (Å²) in [7, 11) is 1.50. The molecular formula is C9H17NO3. The fraction of sp³-hybridized carbons (Fsp3) is 0.778. The second-order valence-electron chi connectivity index (χ2n) is 2.86. The van der Waals surface area contributed by atoms with Crippen LogP contribution in [-0.4, -0.2) is 25.5 Å². The van der Waals surface area contributed by atoms with E-state index in [-0.39, 0.29) is 5.91 Å². The van der Waals surface area contributed by atoms with E-state index in [1.54, 1.807) is 0 Å². The Morgan fingerprint density at radius 1 is 1.46 bits per heavy atom. The highest BCUT2D eigenvalue weighted by Crippen LogP contribution is 1.99. The number of unbranched alkanes of at least 4 members (excludes halogenated alkanes) is 1. The normalized spacial score (nSPS) is 11.9. The van der Waals surface area contributed by atoms with Crippen molar-refractivity contribution in [3.8, 4) is 0 Å². The highest BCUT2D eigenvalue weighted by molar-refractivity contribution is 5.97. The molecule has 1 amide bonds. The molecule has 13 heavy (non-hydrogen) atoms. The van der Waals surface area contributed by atoms with Crippen LogP contribution in [0.15, 0.2) is 0 Å². The first-order valence-electron chi connectivity index (χ1n) is 4.51. The van der Waals surface area contributed by atoms with Crippen molar-refractivity contribution < 1.29 is 14.3 Å². The van der Waals surface area contributed by atoms with Crippen molar-refractivity contribution in [1.82, 2.24) is 5.32 Å². The number of hydrogen-bond acceptors (Lipinski definition) is 3. The molecule has 0 aliphatic heterocycles. The molecule has 0 saturated carbocycles. The summed E-state index contributed by atoms with van der Waals surface area (Å²) >= 11 is 0. The number of hydrogen-bond donors (Lipinski definition) is 1. The molecule has 0 radical (unpaired) electrons. The largest absolute Gasteiger partial charge is 0.465 e. The van der Waals surface area contributed by atoms with Gasteiger partial charge in [-0.15, -0.1) is 0 Å². The predicted molar refractivity (Wildman–Crippen MR) is 49.1 cm³/mol. The Labute approximate surface area is 78.6 Å². The molecule has 0 fully saturated rings. The molecule has 0 saturated heterocycles. The first-order chi connectivity index (χ1) is 6.13. The Kier molecular flexibility index (Phi) is 5.93. The van der Waals surface area contributed by atoms with Gasteiger partial charge in [-0.2, -0.15) is 0 Å². The van der Waals surface area contributed by atoms with Gasteiger partial charge < -0.3 is 10.1 Å². The summed E-state index contributed by atoms with van der Waals surface area (Å²) in [4.78, 5) is 22.1. The topological polar surface area (TPSA) is 55.4 Å². The van der Waals surface area contributed by atoms with Crippen LogP contribution in [0.3, 0.4) is 0 Å². The minimum atomic E-state index is -0.707. The van der Waals surface area contributed by atoms with Crippen LogP contribution in [0.1, 0.15) is 26.7 Å². The van der Waals surface area contributed by atoms with Gasteiger partial charge in [0.2, 0.25) is 5.91 Å². The van der Waals surface area contributed by atoms with Crippen LogP contribution < -0.4 is 5.32 Å². The Hall–Kier alpha value is -1.06. The molecule has 4 nitrogen and oxygen atoms in total. The molecule has 0 aromatic carbocycles. The van der Waals surface area contributed by atoms with Gasteiger partial charge >= 0.3 is 5.97 Å². The molecule has 0 aromatic heterocycles. The minimum absolute atomic E-state index is 0.304. The summed E-state index contributed by atoms with van der Waals surface area (Å²) in [5.74, 6) is -1.46. The van der Waals surface area contributed by atoms with Gasteiger partial charge in [-0.3, -0.25) is 9.59 Å². The molecule has 0 rings (SSSR count).